The third kappa shape index (κ3) is 3.98. The zero-order valence-electron chi connectivity index (χ0n) is 12.2. The van der Waals surface area contributed by atoms with Gasteiger partial charge in [0.25, 0.3) is 0 Å². The number of likely N-dealkylation sites (N-methyl/N-ethyl adjacent to an activating group) is 1. The fraction of sp³-hybridized carbons (Fsp3) is 0.533. The van der Waals surface area contributed by atoms with Crippen molar-refractivity contribution in [1.29, 1.82) is 0 Å². The summed E-state index contributed by atoms with van der Waals surface area (Å²) in [6.45, 7) is 6.07. The van der Waals surface area contributed by atoms with E-state index in [1.165, 1.54) is 11.8 Å². The SMILES string of the molecule is CCNC(CSC(C)C(C)O)(C(=O)O)c1ccccc1. The summed E-state index contributed by atoms with van der Waals surface area (Å²) in [5.41, 5.74) is -0.385. The Labute approximate surface area is 124 Å². The molecule has 0 fully saturated rings. The maximum absolute atomic E-state index is 11.9. The minimum atomic E-state index is -1.12. The van der Waals surface area contributed by atoms with E-state index < -0.39 is 17.6 Å². The van der Waals surface area contributed by atoms with Crippen molar-refractivity contribution < 1.29 is 15.0 Å². The van der Waals surface area contributed by atoms with Crippen molar-refractivity contribution in [3.63, 3.8) is 0 Å². The van der Waals surface area contributed by atoms with Crippen molar-refractivity contribution in [1.82, 2.24) is 5.32 Å². The fourth-order valence-electron chi connectivity index (χ4n) is 1.92. The predicted molar refractivity (Wildman–Crippen MR) is 83.0 cm³/mol. The summed E-state index contributed by atoms with van der Waals surface area (Å²) in [6, 6.07) is 9.20. The number of aliphatic hydroxyl groups excluding tert-OH is 1. The van der Waals surface area contributed by atoms with E-state index in [-0.39, 0.29) is 5.25 Å². The first kappa shape index (κ1) is 17.0. The number of nitrogens with one attached hydrogen (secondary N) is 1. The number of hydrogen-bond donors (Lipinski definition) is 3. The second-order valence-electron chi connectivity index (χ2n) is 4.86. The summed E-state index contributed by atoms with van der Waals surface area (Å²) in [5, 5.41) is 22.4. The van der Waals surface area contributed by atoms with E-state index >= 15 is 0 Å². The van der Waals surface area contributed by atoms with Gasteiger partial charge >= 0.3 is 5.97 Å². The second-order valence-corrected chi connectivity index (χ2v) is 6.23. The number of carbonyl (C=O) groups is 1. The molecule has 1 aromatic rings. The predicted octanol–water partition coefficient (Wildman–Crippen LogP) is 2.08. The van der Waals surface area contributed by atoms with Crippen LogP contribution in [0.4, 0.5) is 0 Å². The maximum Gasteiger partial charge on any atom is 0.329 e. The Kier molecular flexibility index (Phi) is 6.52. The van der Waals surface area contributed by atoms with Crippen molar-refractivity contribution in [2.45, 2.75) is 37.7 Å². The average Bonchev–Trinajstić information content (AvgIpc) is 2.43. The first-order valence-corrected chi connectivity index (χ1v) is 7.82. The molecule has 0 radical (unpaired) electrons. The second kappa shape index (κ2) is 7.67. The maximum atomic E-state index is 11.9. The van der Waals surface area contributed by atoms with Crippen molar-refractivity contribution >= 4 is 17.7 Å². The Bertz CT molecular complexity index is 424. The normalized spacial score (nSPS) is 17.2. The number of hydrogen-bond acceptors (Lipinski definition) is 4. The molecule has 4 nitrogen and oxygen atoms in total. The molecule has 20 heavy (non-hydrogen) atoms. The standard InChI is InChI=1S/C15H23NO3S/c1-4-16-15(14(18)19,10-20-12(3)11(2)17)13-8-6-5-7-9-13/h5-9,11-12,16-17H,4,10H2,1-3H3,(H,18,19). The molecule has 3 unspecified atom stereocenters. The Morgan fingerprint density at radius 2 is 1.95 bits per heavy atom. The van der Waals surface area contributed by atoms with E-state index in [9.17, 15) is 15.0 Å². The molecule has 0 heterocycles. The molecular formula is C15H23NO3S. The van der Waals surface area contributed by atoms with Gasteiger partial charge in [-0.15, -0.1) is 0 Å². The highest BCUT2D eigenvalue weighted by Gasteiger charge is 2.40. The van der Waals surface area contributed by atoms with Crippen LogP contribution in [0.5, 0.6) is 0 Å². The van der Waals surface area contributed by atoms with Gasteiger partial charge in [-0.2, -0.15) is 11.8 Å². The molecule has 1 rings (SSSR count). The lowest BCUT2D eigenvalue weighted by atomic mass is 9.92. The van der Waals surface area contributed by atoms with Crippen LogP contribution in [0.2, 0.25) is 0 Å². The van der Waals surface area contributed by atoms with Gasteiger partial charge in [-0.3, -0.25) is 5.32 Å². The van der Waals surface area contributed by atoms with Gasteiger partial charge in [0.05, 0.1) is 6.10 Å². The fourth-order valence-corrected chi connectivity index (χ4v) is 3.10. The molecule has 0 amide bonds. The van der Waals surface area contributed by atoms with E-state index in [0.29, 0.717) is 12.3 Å². The van der Waals surface area contributed by atoms with Gasteiger partial charge in [0, 0.05) is 11.0 Å². The molecule has 0 saturated carbocycles. The smallest absolute Gasteiger partial charge is 0.329 e. The lowest BCUT2D eigenvalue weighted by Gasteiger charge is -2.32. The van der Waals surface area contributed by atoms with Crippen LogP contribution in [0.3, 0.4) is 0 Å². The number of aliphatic hydroxyl groups is 1. The van der Waals surface area contributed by atoms with E-state index in [4.69, 9.17) is 0 Å². The van der Waals surface area contributed by atoms with Crippen LogP contribution in [-0.4, -0.2) is 39.8 Å². The topological polar surface area (TPSA) is 69.6 Å². The van der Waals surface area contributed by atoms with Crippen molar-refractivity contribution in [2.24, 2.45) is 0 Å². The molecule has 0 aliphatic carbocycles. The molecule has 0 aromatic heterocycles. The van der Waals surface area contributed by atoms with Crippen LogP contribution in [0.1, 0.15) is 26.3 Å². The molecular weight excluding hydrogens is 274 g/mol. The number of thioether (sulfide) groups is 1. The minimum absolute atomic E-state index is 0.0175. The van der Waals surface area contributed by atoms with Crippen LogP contribution in [0.15, 0.2) is 30.3 Å². The molecule has 3 N–H and O–H groups in total. The van der Waals surface area contributed by atoms with Crippen LogP contribution < -0.4 is 5.32 Å². The minimum Gasteiger partial charge on any atom is -0.480 e. The summed E-state index contributed by atoms with van der Waals surface area (Å²) in [6.07, 6.45) is -0.469. The molecule has 3 atom stereocenters. The van der Waals surface area contributed by atoms with Crippen molar-refractivity contribution in [3.05, 3.63) is 35.9 Å². The summed E-state index contributed by atoms with van der Waals surface area (Å²) in [7, 11) is 0. The number of rotatable bonds is 8. The molecule has 0 spiro atoms. The lowest BCUT2D eigenvalue weighted by molar-refractivity contribution is -0.144. The Morgan fingerprint density at radius 3 is 2.40 bits per heavy atom. The highest BCUT2D eigenvalue weighted by Crippen LogP contribution is 2.29. The van der Waals surface area contributed by atoms with E-state index in [0.717, 1.165) is 5.56 Å². The van der Waals surface area contributed by atoms with E-state index in [1.54, 1.807) is 6.92 Å². The average molecular weight is 297 g/mol. The van der Waals surface area contributed by atoms with Crippen LogP contribution in [0.25, 0.3) is 0 Å². The van der Waals surface area contributed by atoms with Gasteiger partial charge in [0.2, 0.25) is 0 Å². The van der Waals surface area contributed by atoms with Crippen molar-refractivity contribution in [3.8, 4) is 0 Å². The zero-order valence-corrected chi connectivity index (χ0v) is 13.0. The van der Waals surface area contributed by atoms with Crippen LogP contribution in [-0.2, 0) is 10.3 Å². The molecule has 112 valence electrons. The van der Waals surface area contributed by atoms with E-state index in [2.05, 4.69) is 5.32 Å². The number of carboxylic acids is 1. The van der Waals surface area contributed by atoms with Crippen molar-refractivity contribution in [2.75, 3.05) is 12.3 Å². The Balaban J connectivity index is 3.03. The highest BCUT2D eigenvalue weighted by molar-refractivity contribution is 8.00. The van der Waals surface area contributed by atoms with Crippen LogP contribution >= 0.6 is 11.8 Å². The van der Waals surface area contributed by atoms with Gasteiger partial charge in [-0.05, 0) is 19.0 Å². The van der Waals surface area contributed by atoms with Crippen LogP contribution in [0, 0.1) is 0 Å². The number of benzene rings is 1. The molecule has 0 saturated heterocycles. The summed E-state index contributed by atoms with van der Waals surface area (Å²) >= 11 is 1.46. The van der Waals surface area contributed by atoms with Gasteiger partial charge in [-0.1, -0.05) is 44.2 Å². The molecule has 0 bridgehead atoms. The van der Waals surface area contributed by atoms with Gasteiger partial charge in [0.15, 0.2) is 5.54 Å². The first-order chi connectivity index (χ1) is 9.44. The number of carboxylic acid groups (broad SMARTS) is 1. The third-order valence-corrected chi connectivity index (χ3v) is 4.87. The quantitative estimate of drug-likeness (QED) is 0.685. The first-order valence-electron chi connectivity index (χ1n) is 6.77. The van der Waals surface area contributed by atoms with Gasteiger partial charge in [-0.25, -0.2) is 4.79 Å². The summed E-state index contributed by atoms with van der Waals surface area (Å²) in [5.74, 6) is -0.525. The summed E-state index contributed by atoms with van der Waals surface area (Å²) < 4.78 is 0. The third-order valence-electron chi connectivity index (χ3n) is 3.35. The monoisotopic (exact) mass is 297 g/mol. The Morgan fingerprint density at radius 1 is 1.35 bits per heavy atom. The Hall–Kier alpha value is -1.04. The summed E-state index contributed by atoms with van der Waals surface area (Å²) in [4.78, 5) is 11.9. The lowest BCUT2D eigenvalue weighted by Crippen LogP contribution is -2.51. The van der Waals surface area contributed by atoms with Gasteiger partial charge in [0.1, 0.15) is 0 Å². The molecule has 0 aliphatic heterocycles. The molecule has 5 heteroatoms. The molecule has 1 aromatic carbocycles. The zero-order chi connectivity index (χ0) is 15.2. The number of aliphatic carboxylic acids is 1. The molecule has 0 aliphatic rings. The highest BCUT2D eigenvalue weighted by atomic mass is 32.2. The van der Waals surface area contributed by atoms with E-state index in [1.807, 2.05) is 44.2 Å². The van der Waals surface area contributed by atoms with Gasteiger partial charge < -0.3 is 10.2 Å². The largest absolute Gasteiger partial charge is 0.480 e.